The molecule has 0 bridgehead atoms. The second kappa shape index (κ2) is 8.95. The summed E-state index contributed by atoms with van der Waals surface area (Å²) in [6.07, 6.45) is 0. The van der Waals surface area contributed by atoms with Crippen molar-refractivity contribution in [3.63, 3.8) is 0 Å². The number of amides is 1. The Morgan fingerprint density at radius 2 is 1.51 bits per heavy atom. The number of halogens is 5. The van der Waals surface area contributed by atoms with Crippen molar-refractivity contribution in [2.45, 2.75) is 36.6 Å². The van der Waals surface area contributed by atoms with Gasteiger partial charge in [0.25, 0.3) is 15.7 Å². The molecule has 0 aromatic heterocycles. The van der Waals surface area contributed by atoms with Crippen molar-refractivity contribution >= 4 is 21.4 Å². The molecule has 0 radical (unpaired) electrons. The summed E-state index contributed by atoms with van der Waals surface area (Å²) in [4.78, 5) is 11.9. The molecular formula is C24H20F5NO4S. The Kier molecular flexibility index (Phi) is 6.69. The molecule has 0 heterocycles. The number of anilines is 1. The molecule has 0 aliphatic heterocycles. The molecule has 0 aliphatic rings. The smallest absolute Gasteiger partial charge is 0.501 e. The van der Waals surface area contributed by atoms with Gasteiger partial charge in [-0.05, 0) is 59.5 Å². The van der Waals surface area contributed by atoms with E-state index < -0.39 is 48.9 Å². The van der Waals surface area contributed by atoms with Crippen LogP contribution in [-0.4, -0.2) is 24.9 Å². The molecule has 186 valence electrons. The summed E-state index contributed by atoms with van der Waals surface area (Å²) >= 11 is 0. The minimum atomic E-state index is -5.56. The van der Waals surface area contributed by atoms with Gasteiger partial charge in [0.15, 0.2) is 0 Å². The number of carbonyl (C=O) groups excluding carboxylic acids is 1. The zero-order valence-electron chi connectivity index (χ0n) is 18.7. The highest BCUT2D eigenvalue weighted by atomic mass is 32.2. The molecule has 2 N–H and O–H groups in total. The average Bonchev–Trinajstić information content (AvgIpc) is 2.73. The molecule has 11 heteroatoms. The minimum Gasteiger partial charge on any atom is -0.507 e. The Hall–Kier alpha value is -3.47. The molecule has 5 nitrogen and oxygen atoms in total. The van der Waals surface area contributed by atoms with Crippen molar-refractivity contribution < 1.29 is 40.3 Å². The van der Waals surface area contributed by atoms with Crippen molar-refractivity contribution in [1.82, 2.24) is 0 Å². The number of carbonyl (C=O) groups is 1. The van der Waals surface area contributed by atoms with Crippen molar-refractivity contribution in [3.05, 3.63) is 77.4 Å². The van der Waals surface area contributed by atoms with Gasteiger partial charge in [-0.2, -0.15) is 13.2 Å². The van der Waals surface area contributed by atoms with Gasteiger partial charge in [0.2, 0.25) is 0 Å². The van der Waals surface area contributed by atoms with Gasteiger partial charge in [-0.15, -0.1) is 0 Å². The summed E-state index contributed by atoms with van der Waals surface area (Å²) in [5.74, 6) is -2.97. The van der Waals surface area contributed by atoms with Crippen molar-refractivity contribution in [1.29, 1.82) is 0 Å². The van der Waals surface area contributed by atoms with Gasteiger partial charge in [-0.1, -0.05) is 20.8 Å². The molecular weight excluding hydrogens is 493 g/mol. The lowest BCUT2D eigenvalue weighted by Crippen LogP contribution is -2.23. The molecule has 0 unspecified atom stereocenters. The van der Waals surface area contributed by atoms with Crippen LogP contribution in [0.2, 0.25) is 0 Å². The van der Waals surface area contributed by atoms with Crippen LogP contribution in [0.1, 0.15) is 36.7 Å². The Morgan fingerprint density at radius 3 is 2.03 bits per heavy atom. The molecule has 0 atom stereocenters. The molecule has 35 heavy (non-hydrogen) atoms. The highest BCUT2D eigenvalue weighted by molar-refractivity contribution is 7.92. The summed E-state index contributed by atoms with van der Waals surface area (Å²) in [5, 5.41) is 13.1. The van der Waals surface area contributed by atoms with Crippen molar-refractivity contribution in [3.8, 4) is 16.9 Å². The number of aromatic hydroxyl groups is 1. The Labute approximate surface area is 198 Å². The Morgan fingerprint density at radius 1 is 0.914 bits per heavy atom. The quantitative estimate of drug-likeness (QED) is 0.408. The summed E-state index contributed by atoms with van der Waals surface area (Å²) in [6, 6.07) is 8.85. The molecule has 0 saturated carbocycles. The number of rotatable bonds is 4. The number of alkyl halides is 3. The van der Waals surface area contributed by atoms with E-state index in [9.17, 15) is 40.3 Å². The molecule has 0 fully saturated rings. The third-order valence-corrected chi connectivity index (χ3v) is 6.63. The van der Waals surface area contributed by atoms with E-state index in [1.54, 1.807) is 20.8 Å². The molecule has 1 amide bonds. The van der Waals surface area contributed by atoms with Gasteiger partial charge in [0.1, 0.15) is 17.4 Å². The zero-order valence-corrected chi connectivity index (χ0v) is 19.5. The molecule has 3 aromatic carbocycles. The predicted molar refractivity (Wildman–Crippen MR) is 120 cm³/mol. The SMILES string of the molecule is CC(C)(C)c1cc(-c2ccc(F)cc2F)cc(C(=O)Nc2ccc(S(=O)(=O)C(F)(F)F)cc2)c1O. The lowest BCUT2D eigenvalue weighted by molar-refractivity contribution is -0.0436. The number of phenols is 1. The fourth-order valence-corrected chi connectivity index (χ4v) is 4.07. The summed E-state index contributed by atoms with van der Waals surface area (Å²) in [5.41, 5.74) is -6.05. The van der Waals surface area contributed by atoms with Crippen LogP contribution in [0.15, 0.2) is 59.5 Å². The number of hydrogen-bond acceptors (Lipinski definition) is 4. The number of hydrogen-bond donors (Lipinski definition) is 2. The maximum atomic E-state index is 14.4. The second-order valence-corrected chi connectivity index (χ2v) is 10.7. The van der Waals surface area contributed by atoms with E-state index >= 15 is 0 Å². The molecule has 0 saturated heterocycles. The molecule has 0 aliphatic carbocycles. The zero-order chi connectivity index (χ0) is 26.3. The van der Waals surface area contributed by atoms with Crippen LogP contribution in [0.25, 0.3) is 11.1 Å². The van der Waals surface area contributed by atoms with Gasteiger partial charge in [-0.3, -0.25) is 4.79 Å². The Balaban J connectivity index is 2.03. The number of nitrogens with one attached hydrogen (secondary N) is 1. The second-order valence-electron chi connectivity index (χ2n) is 8.72. The van der Waals surface area contributed by atoms with Crippen molar-refractivity contribution in [2.75, 3.05) is 5.32 Å². The van der Waals surface area contributed by atoms with Crippen LogP contribution < -0.4 is 5.32 Å². The number of benzene rings is 3. The molecule has 3 aromatic rings. The first kappa shape index (κ1) is 26.1. The average molecular weight is 513 g/mol. The van der Waals surface area contributed by atoms with E-state index in [1.165, 1.54) is 18.2 Å². The first-order valence-electron chi connectivity index (χ1n) is 10.1. The molecule has 3 rings (SSSR count). The predicted octanol–water partition coefficient (Wildman–Crippen LogP) is 6.18. The van der Waals surface area contributed by atoms with Crippen LogP contribution in [0, 0.1) is 11.6 Å². The largest absolute Gasteiger partial charge is 0.507 e. The van der Waals surface area contributed by atoms with Crippen LogP contribution in [0.4, 0.5) is 27.6 Å². The number of phenolic OH excluding ortho intramolecular Hbond substituents is 1. The lowest BCUT2D eigenvalue weighted by Gasteiger charge is -2.23. The first-order valence-corrected chi connectivity index (χ1v) is 11.6. The summed E-state index contributed by atoms with van der Waals surface area (Å²) < 4.78 is 89.0. The monoisotopic (exact) mass is 513 g/mol. The van der Waals surface area contributed by atoms with Crippen LogP contribution in [-0.2, 0) is 15.3 Å². The third kappa shape index (κ3) is 5.29. The minimum absolute atomic E-state index is 0.0207. The standard InChI is InChI=1S/C24H20F5NO4S/c1-23(2,3)19-11-13(17-9-4-14(25)12-20(17)26)10-18(21(19)31)22(32)30-15-5-7-16(8-6-15)35(33,34)24(27,28)29/h4-12,31H,1-3H3,(H,30,32). The maximum Gasteiger partial charge on any atom is 0.501 e. The van der Waals surface area contributed by atoms with Crippen LogP contribution in [0.3, 0.4) is 0 Å². The lowest BCUT2D eigenvalue weighted by atomic mass is 9.83. The van der Waals surface area contributed by atoms with Crippen molar-refractivity contribution in [2.24, 2.45) is 0 Å². The van der Waals surface area contributed by atoms with Crippen LogP contribution >= 0.6 is 0 Å². The van der Waals surface area contributed by atoms with Crippen LogP contribution in [0.5, 0.6) is 5.75 Å². The highest BCUT2D eigenvalue weighted by Crippen LogP contribution is 2.38. The summed E-state index contributed by atoms with van der Waals surface area (Å²) in [7, 11) is -5.56. The van der Waals surface area contributed by atoms with Gasteiger partial charge >= 0.3 is 5.51 Å². The normalized spacial score (nSPS) is 12.5. The van der Waals surface area contributed by atoms with Gasteiger partial charge in [-0.25, -0.2) is 17.2 Å². The molecule has 0 spiro atoms. The first-order chi connectivity index (χ1) is 16.0. The van der Waals surface area contributed by atoms with E-state index in [2.05, 4.69) is 5.32 Å². The van der Waals surface area contributed by atoms with Gasteiger partial charge < -0.3 is 10.4 Å². The van der Waals surface area contributed by atoms with E-state index in [0.29, 0.717) is 18.2 Å². The topological polar surface area (TPSA) is 83.5 Å². The van der Waals surface area contributed by atoms with Gasteiger partial charge in [0.05, 0.1) is 10.5 Å². The highest BCUT2D eigenvalue weighted by Gasteiger charge is 2.46. The maximum absolute atomic E-state index is 14.4. The van der Waals surface area contributed by atoms with Gasteiger partial charge in [0, 0.05) is 22.9 Å². The van der Waals surface area contributed by atoms with E-state index in [1.807, 2.05) is 0 Å². The van der Waals surface area contributed by atoms with E-state index in [0.717, 1.165) is 18.2 Å². The van der Waals surface area contributed by atoms with E-state index in [-0.39, 0.29) is 27.9 Å². The Bertz CT molecular complexity index is 1390. The van der Waals surface area contributed by atoms with E-state index in [4.69, 9.17) is 0 Å². The summed E-state index contributed by atoms with van der Waals surface area (Å²) in [6.45, 7) is 5.23. The fraction of sp³-hybridized carbons (Fsp3) is 0.208. The third-order valence-electron chi connectivity index (χ3n) is 5.13. The fourth-order valence-electron chi connectivity index (χ4n) is 3.31. The number of sulfone groups is 1.